The molecule has 0 bridgehead atoms. The Balaban J connectivity index is 2.60. The third kappa shape index (κ3) is 8.39. The van der Waals surface area contributed by atoms with Gasteiger partial charge in [-0.05, 0) is 30.9 Å². The first-order valence-electron chi connectivity index (χ1n) is 10.2. The Morgan fingerprint density at radius 3 is 2.50 bits per heavy atom. The average Bonchev–Trinajstić information content (AvgIpc) is 2.98. The second-order valence-corrected chi connectivity index (χ2v) is 9.22. The van der Waals surface area contributed by atoms with Gasteiger partial charge in [0.2, 0.25) is 0 Å². The molecule has 0 fully saturated rings. The molecule has 8 heteroatoms. The fraction of sp³-hybridized carbons (Fsp3) is 0.850. The highest BCUT2D eigenvalue weighted by molar-refractivity contribution is 7.98. The number of aliphatic imine (C=N–C) groups is 1. The summed E-state index contributed by atoms with van der Waals surface area (Å²) in [5.74, 6) is 2.47. The van der Waals surface area contributed by atoms with Crippen LogP contribution in [0.2, 0.25) is 0 Å². The Morgan fingerprint density at radius 1 is 1.25 bits per heavy atom. The smallest absolute Gasteiger partial charge is 0.191 e. The molecule has 0 saturated carbocycles. The number of aryl methyl sites for hydroxylation is 1. The van der Waals surface area contributed by atoms with Gasteiger partial charge < -0.3 is 19.9 Å². The minimum Gasteiger partial charge on any atom is -0.379 e. The molecule has 162 valence electrons. The van der Waals surface area contributed by atoms with E-state index in [2.05, 4.69) is 73.2 Å². The van der Waals surface area contributed by atoms with E-state index in [1.54, 1.807) is 18.9 Å². The van der Waals surface area contributed by atoms with Crippen LogP contribution in [0.3, 0.4) is 0 Å². The third-order valence-electron chi connectivity index (χ3n) is 4.40. The van der Waals surface area contributed by atoms with Gasteiger partial charge in [0.1, 0.15) is 5.82 Å². The van der Waals surface area contributed by atoms with Crippen LogP contribution in [0.15, 0.2) is 10.1 Å². The molecule has 1 aromatic heterocycles. The number of nitrogens with one attached hydrogen (secondary N) is 2. The van der Waals surface area contributed by atoms with E-state index in [0.717, 1.165) is 49.4 Å². The SMILES string of the molecule is CCNC(=NCC(OC)C(C)(C)C)NCCCc1nnc(SC)n1CC(C)C. The maximum Gasteiger partial charge on any atom is 0.191 e. The van der Waals surface area contributed by atoms with Crippen LogP contribution in [-0.4, -0.2) is 59.8 Å². The average molecular weight is 413 g/mol. The summed E-state index contributed by atoms with van der Waals surface area (Å²) in [6.07, 6.45) is 4.01. The van der Waals surface area contributed by atoms with Crippen molar-refractivity contribution >= 4 is 17.7 Å². The molecule has 1 rings (SSSR count). The summed E-state index contributed by atoms with van der Waals surface area (Å²) in [4.78, 5) is 4.70. The van der Waals surface area contributed by atoms with E-state index in [1.165, 1.54) is 0 Å². The molecular weight excluding hydrogens is 372 g/mol. The Bertz CT molecular complexity index is 594. The summed E-state index contributed by atoms with van der Waals surface area (Å²) in [5, 5.41) is 16.4. The van der Waals surface area contributed by atoms with Gasteiger partial charge in [-0.1, -0.05) is 46.4 Å². The lowest BCUT2D eigenvalue weighted by molar-refractivity contribution is 0.0241. The second-order valence-electron chi connectivity index (χ2n) is 8.45. The molecule has 1 aromatic rings. The van der Waals surface area contributed by atoms with Crippen molar-refractivity contribution in [1.82, 2.24) is 25.4 Å². The highest BCUT2D eigenvalue weighted by Gasteiger charge is 2.24. The minimum atomic E-state index is 0.0606. The molecule has 1 atom stereocenters. The lowest BCUT2D eigenvalue weighted by Gasteiger charge is -2.28. The number of hydrogen-bond donors (Lipinski definition) is 2. The van der Waals surface area contributed by atoms with Gasteiger partial charge in [0.25, 0.3) is 0 Å². The number of guanidine groups is 1. The summed E-state index contributed by atoms with van der Waals surface area (Å²) in [6.45, 7) is 16.3. The van der Waals surface area contributed by atoms with Crippen molar-refractivity contribution < 1.29 is 4.74 Å². The highest BCUT2D eigenvalue weighted by Crippen LogP contribution is 2.21. The Kier molecular flexibility index (Phi) is 10.9. The van der Waals surface area contributed by atoms with E-state index in [-0.39, 0.29) is 11.5 Å². The zero-order chi connectivity index (χ0) is 21.2. The van der Waals surface area contributed by atoms with Crippen LogP contribution in [0.5, 0.6) is 0 Å². The van der Waals surface area contributed by atoms with Gasteiger partial charge in [0, 0.05) is 33.2 Å². The van der Waals surface area contributed by atoms with Crippen molar-refractivity contribution in [3.8, 4) is 0 Å². The number of methoxy groups -OCH3 is 1. The van der Waals surface area contributed by atoms with Crippen LogP contribution in [-0.2, 0) is 17.7 Å². The van der Waals surface area contributed by atoms with Gasteiger partial charge in [0.15, 0.2) is 11.1 Å². The number of ether oxygens (including phenoxy) is 1. The van der Waals surface area contributed by atoms with Gasteiger partial charge in [-0.15, -0.1) is 10.2 Å². The number of thioether (sulfide) groups is 1. The van der Waals surface area contributed by atoms with Crippen LogP contribution >= 0.6 is 11.8 Å². The summed E-state index contributed by atoms with van der Waals surface area (Å²) < 4.78 is 7.85. The van der Waals surface area contributed by atoms with Gasteiger partial charge in [-0.25, -0.2) is 0 Å². The normalized spacial score (nSPS) is 13.8. The van der Waals surface area contributed by atoms with Crippen molar-refractivity contribution in [1.29, 1.82) is 0 Å². The van der Waals surface area contributed by atoms with Gasteiger partial charge in [-0.2, -0.15) is 0 Å². The Labute approximate surface area is 175 Å². The van der Waals surface area contributed by atoms with E-state index in [4.69, 9.17) is 9.73 Å². The minimum absolute atomic E-state index is 0.0606. The van der Waals surface area contributed by atoms with Crippen LogP contribution in [0, 0.1) is 11.3 Å². The topological polar surface area (TPSA) is 76.4 Å². The van der Waals surface area contributed by atoms with Crippen molar-refractivity contribution in [3.63, 3.8) is 0 Å². The number of hydrogen-bond acceptors (Lipinski definition) is 5. The van der Waals surface area contributed by atoms with Gasteiger partial charge in [-0.3, -0.25) is 4.99 Å². The maximum absolute atomic E-state index is 5.60. The first-order valence-corrected chi connectivity index (χ1v) is 11.5. The molecule has 0 aliphatic heterocycles. The van der Waals surface area contributed by atoms with Crippen LogP contribution in [0.1, 0.15) is 53.8 Å². The van der Waals surface area contributed by atoms with Crippen molar-refractivity contribution in [2.45, 2.75) is 72.2 Å². The summed E-state index contributed by atoms with van der Waals surface area (Å²) in [6, 6.07) is 0. The van der Waals surface area contributed by atoms with Crippen molar-refractivity contribution in [2.24, 2.45) is 16.3 Å². The molecule has 0 amide bonds. The number of rotatable bonds is 11. The van der Waals surface area contributed by atoms with E-state index in [1.807, 2.05) is 0 Å². The van der Waals surface area contributed by atoms with Crippen molar-refractivity contribution in [2.75, 3.05) is 33.0 Å². The summed E-state index contributed by atoms with van der Waals surface area (Å²) in [5.41, 5.74) is 0.0606. The summed E-state index contributed by atoms with van der Waals surface area (Å²) in [7, 11) is 1.75. The zero-order valence-electron chi connectivity index (χ0n) is 19.0. The van der Waals surface area contributed by atoms with Crippen LogP contribution in [0.25, 0.3) is 0 Å². The molecule has 1 heterocycles. The largest absolute Gasteiger partial charge is 0.379 e. The lowest BCUT2D eigenvalue weighted by atomic mass is 9.89. The van der Waals surface area contributed by atoms with E-state index in [0.29, 0.717) is 12.5 Å². The lowest BCUT2D eigenvalue weighted by Crippen LogP contribution is -2.39. The van der Waals surface area contributed by atoms with E-state index in [9.17, 15) is 0 Å². The predicted molar refractivity (Wildman–Crippen MR) is 119 cm³/mol. The maximum atomic E-state index is 5.60. The monoisotopic (exact) mass is 412 g/mol. The Hall–Kier alpha value is -1.28. The fourth-order valence-electron chi connectivity index (χ4n) is 2.87. The standard InChI is InChI=1S/C20H40N6OS/c1-9-21-18(23-13-16(27-7)20(4,5)6)22-12-10-11-17-24-25-19(28-8)26(17)14-15(2)3/h15-16H,9-14H2,1-8H3,(H2,21,22,23). The Morgan fingerprint density at radius 2 is 1.96 bits per heavy atom. The number of aromatic nitrogens is 3. The molecule has 0 spiro atoms. The number of nitrogens with zero attached hydrogens (tertiary/aromatic N) is 4. The molecule has 1 unspecified atom stereocenters. The molecule has 0 saturated heterocycles. The molecule has 0 aliphatic rings. The van der Waals surface area contributed by atoms with E-state index >= 15 is 0 Å². The molecule has 7 nitrogen and oxygen atoms in total. The predicted octanol–water partition coefficient (Wildman–Crippen LogP) is 3.20. The molecule has 28 heavy (non-hydrogen) atoms. The van der Waals surface area contributed by atoms with Gasteiger partial charge in [0.05, 0.1) is 12.6 Å². The molecule has 0 aromatic carbocycles. The van der Waals surface area contributed by atoms with Gasteiger partial charge >= 0.3 is 0 Å². The quantitative estimate of drug-likeness (QED) is 0.252. The van der Waals surface area contributed by atoms with Crippen LogP contribution in [0.4, 0.5) is 0 Å². The third-order valence-corrected chi connectivity index (χ3v) is 5.07. The summed E-state index contributed by atoms with van der Waals surface area (Å²) >= 11 is 1.65. The molecule has 2 N–H and O–H groups in total. The molecule has 0 aliphatic carbocycles. The first-order chi connectivity index (χ1) is 13.2. The van der Waals surface area contributed by atoms with E-state index < -0.39 is 0 Å². The highest BCUT2D eigenvalue weighted by atomic mass is 32.2. The van der Waals surface area contributed by atoms with Crippen LogP contribution < -0.4 is 10.6 Å². The molecular formula is C20H40N6OS. The van der Waals surface area contributed by atoms with Crippen molar-refractivity contribution in [3.05, 3.63) is 5.82 Å². The molecule has 0 radical (unpaired) electrons. The fourth-order valence-corrected chi connectivity index (χ4v) is 3.40. The first kappa shape index (κ1) is 24.8. The zero-order valence-corrected chi connectivity index (χ0v) is 19.8. The second kappa shape index (κ2) is 12.3.